The molecule has 0 saturated carbocycles. The molecule has 12 heteroatoms. The third kappa shape index (κ3) is 11.4. The van der Waals surface area contributed by atoms with Crippen molar-refractivity contribution in [1.82, 2.24) is 19.7 Å². The summed E-state index contributed by atoms with van der Waals surface area (Å²) in [5, 5.41) is 2.75. The van der Waals surface area contributed by atoms with Gasteiger partial charge in [-0.15, -0.1) is 0 Å². The van der Waals surface area contributed by atoms with E-state index >= 15 is 4.39 Å². The van der Waals surface area contributed by atoms with E-state index in [0.29, 0.717) is 44.5 Å². The number of nitrogens with zero attached hydrogens (tertiary/aromatic N) is 3. The Labute approximate surface area is 303 Å². The van der Waals surface area contributed by atoms with E-state index in [9.17, 15) is 23.6 Å². The Morgan fingerprint density at radius 3 is 2.37 bits per heavy atom. The molecule has 51 heavy (non-hydrogen) atoms. The average molecular weight is 722 g/mol. The van der Waals surface area contributed by atoms with E-state index in [1.165, 1.54) is 18.2 Å². The number of rotatable bonds is 19. The van der Waals surface area contributed by atoms with Crippen LogP contribution in [0.25, 0.3) is 11.1 Å². The molecule has 0 radical (unpaired) electrons. The maximum absolute atomic E-state index is 15.0. The van der Waals surface area contributed by atoms with Crippen LogP contribution >= 0.6 is 11.8 Å². The third-order valence-electron chi connectivity index (χ3n) is 8.68. The van der Waals surface area contributed by atoms with Crippen LogP contribution in [0, 0.1) is 17.0 Å². The van der Waals surface area contributed by atoms with Gasteiger partial charge in [0.2, 0.25) is 11.8 Å². The lowest BCUT2D eigenvalue weighted by molar-refractivity contribution is -0.137. The highest BCUT2D eigenvalue weighted by Gasteiger charge is 2.37. The highest BCUT2D eigenvalue weighted by atomic mass is 32.2. The molecule has 4 rings (SSSR count). The molecular formula is C39H49F2N5O4S. The first-order valence-corrected chi connectivity index (χ1v) is 18.6. The molecule has 1 aliphatic heterocycles. The number of hydrogen-bond donors (Lipinski definition) is 2. The third-order valence-corrected chi connectivity index (χ3v) is 9.71. The summed E-state index contributed by atoms with van der Waals surface area (Å²) in [6.45, 7) is 7.94. The number of aromatic nitrogens is 1. The first kappa shape index (κ1) is 39.5. The number of carbonyl (C=O) groups excluding carboxylic acids is 4. The number of carbonyl (C=O) groups is 4. The molecule has 274 valence electrons. The smallest absolute Gasteiger partial charge is 0.253 e. The van der Waals surface area contributed by atoms with Crippen molar-refractivity contribution in [2.45, 2.75) is 65.5 Å². The number of nitrogens with two attached hydrogens (primary N) is 1. The van der Waals surface area contributed by atoms with Crippen LogP contribution in [0.4, 0.5) is 8.78 Å². The van der Waals surface area contributed by atoms with Gasteiger partial charge in [-0.05, 0) is 66.8 Å². The van der Waals surface area contributed by atoms with Crippen molar-refractivity contribution in [3.05, 3.63) is 95.8 Å². The van der Waals surface area contributed by atoms with Gasteiger partial charge in [-0.2, -0.15) is 11.8 Å². The number of benzene rings is 2. The standard InChI is InChI=1S/C39H49F2N5O4S/c1-39(2,3)38(33-23-29(31-24-30(40)14-15-32(31)41)26-44(33)25-28-11-6-4-7-12-28)46(20-10-18-42)37(50)27-51-22-9-5-8-13-34(47)43-19-21-45-35(48)16-17-36(45)49/h4,6-7,11-12,14-17,23-24,26,38H,5,8-10,13,18-22,25,27,42H2,1-3H3,(H,43,47). The maximum atomic E-state index is 15.0. The number of imide groups is 1. The van der Waals surface area contributed by atoms with Crippen LogP contribution in [0.2, 0.25) is 0 Å². The molecule has 0 fully saturated rings. The van der Waals surface area contributed by atoms with Crippen LogP contribution in [0.3, 0.4) is 0 Å². The number of thioether (sulfide) groups is 1. The van der Waals surface area contributed by atoms with Gasteiger partial charge >= 0.3 is 0 Å². The zero-order chi connectivity index (χ0) is 37.0. The van der Waals surface area contributed by atoms with Gasteiger partial charge < -0.3 is 20.5 Å². The molecule has 0 saturated heterocycles. The highest BCUT2D eigenvalue weighted by molar-refractivity contribution is 7.99. The van der Waals surface area contributed by atoms with Gasteiger partial charge in [-0.25, -0.2) is 8.78 Å². The second-order valence-corrected chi connectivity index (χ2v) is 14.9. The Bertz CT molecular complexity index is 1670. The molecule has 1 aliphatic rings. The second-order valence-electron chi connectivity index (χ2n) is 13.8. The Hall–Kier alpha value is -4.29. The van der Waals surface area contributed by atoms with E-state index in [2.05, 4.69) is 26.1 Å². The lowest BCUT2D eigenvalue weighted by atomic mass is 9.83. The van der Waals surface area contributed by atoms with Crippen molar-refractivity contribution in [2.75, 3.05) is 37.7 Å². The predicted octanol–water partition coefficient (Wildman–Crippen LogP) is 6.08. The fraction of sp³-hybridized carbons (Fsp3) is 0.436. The summed E-state index contributed by atoms with van der Waals surface area (Å²) in [6, 6.07) is 14.8. The zero-order valence-electron chi connectivity index (χ0n) is 29.7. The first-order valence-electron chi connectivity index (χ1n) is 17.5. The zero-order valence-corrected chi connectivity index (χ0v) is 30.5. The molecule has 3 N–H and O–H groups in total. The summed E-state index contributed by atoms with van der Waals surface area (Å²) in [6.07, 6.45) is 7.56. The summed E-state index contributed by atoms with van der Waals surface area (Å²) in [4.78, 5) is 52.4. The van der Waals surface area contributed by atoms with Crippen LogP contribution < -0.4 is 11.1 Å². The van der Waals surface area contributed by atoms with Crippen molar-refractivity contribution in [1.29, 1.82) is 0 Å². The SMILES string of the molecule is CC(C)(C)C(c1cc(-c2cc(F)ccc2F)cn1Cc1ccccc1)N(CCCN)C(=O)CSCCCCCC(=O)NCCN1C(=O)C=CC1=O. The van der Waals surface area contributed by atoms with E-state index in [-0.39, 0.29) is 54.1 Å². The summed E-state index contributed by atoms with van der Waals surface area (Å²) >= 11 is 1.55. The quantitative estimate of drug-likeness (QED) is 0.115. The topological polar surface area (TPSA) is 118 Å². The largest absolute Gasteiger partial charge is 0.354 e. The summed E-state index contributed by atoms with van der Waals surface area (Å²) in [5.74, 6) is -0.927. The van der Waals surface area contributed by atoms with Crippen LogP contribution in [0.1, 0.15) is 70.2 Å². The Morgan fingerprint density at radius 1 is 0.961 bits per heavy atom. The van der Waals surface area contributed by atoms with Crippen molar-refractivity contribution < 1.29 is 28.0 Å². The lowest BCUT2D eigenvalue weighted by Crippen LogP contribution is -2.44. The van der Waals surface area contributed by atoms with Crippen LogP contribution in [-0.2, 0) is 25.7 Å². The van der Waals surface area contributed by atoms with Crippen LogP contribution in [-0.4, -0.2) is 75.7 Å². The van der Waals surface area contributed by atoms with Gasteiger partial charge in [0.05, 0.1) is 11.8 Å². The molecule has 1 atom stereocenters. The van der Waals surface area contributed by atoms with Crippen molar-refractivity contribution >= 4 is 35.4 Å². The van der Waals surface area contributed by atoms with Gasteiger partial charge in [-0.1, -0.05) is 57.5 Å². The number of hydrogen-bond acceptors (Lipinski definition) is 6. The molecule has 2 aromatic carbocycles. The summed E-state index contributed by atoms with van der Waals surface area (Å²) < 4.78 is 31.4. The van der Waals surface area contributed by atoms with Crippen molar-refractivity contribution in [2.24, 2.45) is 11.1 Å². The number of nitrogens with one attached hydrogen (secondary N) is 1. The minimum Gasteiger partial charge on any atom is -0.354 e. The minimum absolute atomic E-state index is 0.0242. The van der Waals surface area contributed by atoms with Crippen molar-refractivity contribution in [3.8, 4) is 11.1 Å². The van der Waals surface area contributed by atoms with Gasteiger partial charge in [0, 0.05) is 67.8 Å². The Kier molecular flexibility index (Phi) is 14.6. The van der Waals surface area contributed by atoms with Crippen molar-refractivity contribution in [3.63, 3.8) is 0 Å². The van der Waals surface area contributed by atoms with Crippen LogP contribution in [0.5, 0.6) is 0 Å². The summed E-state index contributed by atoms with van der Waals surface area (Å²) in [5.41, 5.74) is 8.08. The maximum Gasteiger partial charge on any atom is 0.253 e. The second kappa shape index (κ2) is 18.8. The molecule has 9 nitrogen and oxygen atoms in total. The monoisotopic (exact) mass is 721 g/mol. The molecule has 4 amide bonds. The first-order chi connectivity index (χ1) is 24.4. The van der Waals surface area contributed by atoms with Gasteiger partial charge in [-0.3, -0.25) is 24.1 Å². The highest BCUT2D eigenvalue weighted by Crippen LogP contribution is 2.41. The molecular weight excluding hydrogens is 673 g/mol. The molecule has 1 unspecified atom stereocenters. The Morgan fingerprint density at radius 2 is 1.69 bits per heavy atom. The van der Waals surface area contributed by atoms with Gasteiger partial charge in [0.25, 0.3) is 11.8 Å². The molecule has 0 bridgehead atoms. The van der Waals surface area contributed by atoms with Crippen LogP contribution in [0.15, 0.2) is 72.9 Å². The van der Waals surface area contributed by atoms with E-state index in [1.54, 1.807) is 11.8 Å². The summed E-state index contributed by atoms with van der Waals surface area (Å²) in [7, 11) is 0. The Balaban J connectivity index is 1.40. The number of amides is 4. The van der Waals surface area contributed by atoms with Gasteiger partial charge in [0.1, 0.15) is 11.6 Å². The predicted molar refractivity (Wildman–Crippen MR) is 198 cm³/mol. The average Bonchev–Trinajstić information content (AvgIpc) is 3.64. The molecule has 0 spiro atoms. The number of unbranched alkanes of at least 4 members (excludes halogenated alkanes) is 2. The van der Waals surface area contributed by atoms with E-state index in [1.807, 2.05) is 52.1 Å². The molecule has 1 aromatic heterocycles. The minimum atomic E-state index is -0.528. The van der Waals surface area contributed by atoms with Gasteiger partial charge in [0.15, 0.2) is 0 Å². The normalized spacial score (nSPS) is 13.6. The lowest BCUT2D eigenvalue weighted by Gasteiger charge is -2.41. The molecule has 0 aliphatic carbocycles. The molecule has 2 heterocycles. The number of halogens is 2. The van der Waals surface area contributed by atoms with E-state index in [0.717, 1.165) is 46.9 Å². The fourth-order valence-electron chi connectivity index (χ4n) is 6.23. The fourth-order valence-corrected chi connectivity index (χ4v) is 7.12. The van der Waals surface area contributed by atoms with E-state index < -0.39 is 17.0 Å². The molecule has 3 aromatic rings. The van der Waals surface area contributed by atoms with E-state index in [4.69, 9.17) is 5.73 Å².